The Morgan fingerprint density at radius 3 is 2.46 bits per heavy atom. The summed E-state index contributed by atoms with van der Waals surface area (Å²) >= 11 is 1.16. The fraction of sp³-hybridized carbons (Fsp3) is 0.765. The number of nitrogens with zero attached hydrogens (tertiary/aromatic N) is 1. The second-order valence-electron chi connectivity index (χ2n) is 6.25. The van der Waals surface area contributed by atoms with Gasteiger partial charge in [0.1, 0.15) is 0 Å². The van der Waals surface area contributed by atoms with Gasteiger partial charge < -0.3 is 15.0 Å². The third-order valence-corrected chi connectivity index (χ3v) is 5.00. The third kappa shape index (κ3) is 9.07. The highest BCUT2D eigenvalue weighted by Crippen LogP contribution is 2.22. The van der Waals surface area contributed by atoms with Gasteiger partial charge in [-0.2, -0.15) is 0 Å². The monoisotopic (exact) mass is 387 g/mol. The van der Waals surface area contributed by atoms with E-state index in [0.29, 0.717) is 12.6 Å². The van der Waals surface area contributed by atoms with Crippen LogP contribution in [0.4, 0.5) is 4.79 Å². The molecule has 26 heavy (non-hydrogen) atoms. The molecule has 8 nitrogen and oxygen atoms in total. The summed E-state index contributed by atoms with van der Waals surface area (Å²) in [5.74, 6) is -1.09. The number of urea groups is 1. The third-order valence-electron chi connectivity index (χ3n) is 4.11. The van der Waals surface area contributed by atoms with Gasteiger partial charge in [-0.1, -0.05) is 26.2 Å². The van der Waals surface area contributed by atoms with Crippen LogP contribution in [0.2, 0.25) is 0 Å². The van der Waals surface area contributed by atoms with Crippen LogP contribution < -0.4 is 10.6 Å². The first kappa shape index (κ1) is 22.3. The molecule has 0 heterocycles. The lowest BCUT2D eigenvalue weighted by Crippen LogP contribution is -2.41. The Labute approximate surface area is 158 Å². The molecule has 0 spiro atoms. The summed E-state index contributed by atoms with van der Waals surface area (Å²) in [7, 11) is 1.81. The van der Waals surface area contributed by atoms with Gasteiger partial charge in [0, 0.05) is 19.6 Å². The molecular weight excluding hydrogens is 358 g/mol. The minimum Gasteiger partial charge on any atom is -0.455 e. The van der Waals surface area contributed by atoms with Gasteiger partial charge in [-0.3, -0.25) is 19.7 Å². The maximum atomic E-state index is 12.1. The van der Waals surface area contributed by atoms with Crippen molar-refractivity contribution in [3.05, 3.63) is 0 Å². The lowest BCUT2D eigenvalue weighted by molar-refractivity contribution is -0.145. The Balaban J connectivity index is 2.14. The number of thioether (sulfide) groups is 1. The number of imide groups is 1. The summed E-state index contributed by atoms with van der Waals surface area (Å²) in [4.78, 5) is 48.2. The average molecular weight is 388 g/mol. The van der Waals surface area contributed by atoms with Crippen molar-refractivity contribution in [2.75, 3.05) is 31.7 Å². The molecule has 0 atom stereocenters. The zero-order valence-electron chi connectivity index (χ0n) is 15.5. The van der Waals surface area contributed by atoms with Gasteiger partial charge in [0.05, 0.1) is 11.5 Å². The maximum Gasteiger partial charge on any atom is 0.321 e. The van der Waals surface area contributed by atoms with Gasteiger partial charge in [0.15, 0.2) is 6.61 Å². The normalized spacial score (nSPS) is 14.4. The minimum absolute atomic E-state index is 0.0000354. The van der Waals surface area contributed by atoms with E-state index >= 15 is 0 Å². The lowest BCUT2D eigenvalue weighted by Gasteiger charge is -2.31. The molecule has 1 aliphatic rings. The molecule has 9 heteroatoms. The standard InChI is InChI=1S/C17H29N3O5S/c1-3-9-18-17(24)19-14(21)10-25-16(23)12-26-11-15(22)20(2)13-7-5-4-6-8-13/h13H,3-12H2,1-2H3,(H2,18,19,21,24). The van der Waals surface area contributed by atoms with E-state index in [-0.39, 0.29) is 17.4 Å². The molecule has 0 aliphatic heterocycles. The number of carbonyl (C=O) groups is 4. The van der Waals surface area contributed by atoms with Crippen LogP contribution in [0.1, 0.15) is 45.4 Å². The summed E-state index contributed by atoms with van der Waals surface area (Å²) in [6.07, 6.45) is 6.36. The molecule has 1 aliphatic carbocycles. The van der Waals surface area contributed by atoms with Crippen LogP contribution in [0, 0.1) is 0 Å². The molecule has 1 rings (SSSR count). The molecule has 0 aromatic carbocycles. The highest BCUT2D eigenvalue weighted by Gasteiger charge is 2.22. The Hall–Kier alpha value is -1.77. The van der Waals surface area contributed by atoms with Gasteiger partial charge in [-0.15, -0.1) is 11.8 Å². The van der Waals surface area contributed by atoms with Crippen LogP contribution in [0.15, 0.2) is 0 Å². The predicted octanol–water partition coefficient (Wildman–Crippen LogP) is 1.29. The van der Waals surface area contributed by atoms with Crippen LogP contribution in [-0.2, 0) is 19.1 Å². The molecule has 4 amide bonds. The van der Waals surface area contributed by atoms with E-state index in [4.69, 9.17) is 4.74 Å². The Morgan fingerprint density at radius 2 is 1.81 bits per heavy atom. The second-order valence-corrected chi connectivity index (χ2v) is 7.24. The first-order valence-electron chi connectivity index (χ1n) is 9.00. The zero-order valence-corrected chi connectivity index (χ0v) is 16.4. The van der Waals surface area contributed by atoms with Crippen molar-refractivity contribution < 1.29 is 23.9 Å². The number of amides is 4. The van der Waals surface area contributed by atoms with E-state index < -0.39 is 24.5 Å². The second kappa shape index (κ2) is 12.6. The van der Waals surface area contributed by atoms with E-state index in [9.17, 15) is 19.2 Å². The quantitative estimate of drug-likeness (QED) is 0.578. The number of ether oxygens (including phenoxy) is 1. The van der Waals surface area contributed by atoms with E-state index in [2.05, 4.69) is 10.6 Å². The van der Waals surface area contributed by atoms with E-state index in [1.165, 1.54) is 6.42 Å². The number of carbonyl (C=O) groups excluding carboxylic acids is 4. The summed E-state index contributed by atoms with van der Waals surface area (Å²) < 4.78 is 4.79. The molecule has 1 saturated carbocycles. The van der Waals surface area contributed by atoms with Crippen molar-refractivity contribution in [1.82, 2.24) is 15.5 Å². The van der Waals surface area contributed by atoms with E-state index in [1.54, 1.807) is 4.90 Å². The first-order chi connectivity index (χ1) is 12.4. The number of nitrogens with one attached hydrogen (secondary N) is 2. The Morgan fingerprint density at radius 1 is 1.12 bits per heavy atom. The Bertz CT molecular complexity index is 495. The van der Waals surface area contributed by atoms with Crippen molar-refractivity contribution in [3.63, 3.8) is 0 Å². The van der Waals surface area contributed by atoms with Crippen LogP contribution >= 0.6 is 11.8 Å². The SMILES string of the molecule is CCCNC(=O)NC(=O)COC(=O)CSCC(=O)N(C)C1CCCCC1. The van der Waals surface area contributed by atoms with Crippen molar-refractivity contribution in [1.29, 1.82) is 0 Å². The topological polar surface area (TPSA) is 105 Å². The zero-order chi connectivity index (χ0) is 19.4. The van der Waals surface area contributed by atoms with Crippen molar-refractivity contribution in [3.8, 4) is 0 Å². The van der Waals surface area contributed by atoms with Crippen molar-refractivity contribution >= 4 is 35.6 Å². The van der Waals surface area contributed by atoms with Gasteiger partial charge in [0.2, 0.25) is 5.91 Å². The van der Waals surface area contributed by atoms with Crippen LogP contribution in [0.25, 0.3) is 0 Å². The summed E-state index contributed by atoms with van der Waals surface area (Å²) in [5.41, 5.74) is 0. The summed E-state index contributed by atoms with van der Waals surface area (Å²) in [5, 5.41) is 4.54. The number of rotatable bonds is 9. The molecule has 0 saturated heterocycles. The average Bonchev–Trinajstić information content (AvgIpc) is 2.64. The largest absolute Gasteiger partial charge is 0.455 e. The number of hydrogen-bond donors (Lipinski definition) is 2. The van der Waals surface area contributed by atoms with Gasteiger partial charge in [-0.05, 0) is 19.3 Å². The Kier molecular flexibility index (Phi) is 10.8. The molecular formula is C17H29N3O5S. The van der Waals surface area contributed by atoms with Crippen LogP contribution in [-0.4, -0.2) is 66.5 Å². The molecule has 0 unspecified atom stereocenters. The van der Waals surface area contributed by atoms with E-state index in [0.717, 1.165) is 43.9 Å². The number of hydrogen-bond acceptors (Lipinski definition) is 6. The molecule has 0 bridgehead atoms. The molecule has 1 fully saturated rings. The molecule has 148 valence electrons. The van der Waals surface area contributed by atoms with Gasteiger partial charge in [0.25, 0.3) is 5.91 Å². The predicted molar refractivity (Wildman–Crippen MR) is 99.8 cm³/mol. The fourth-order valence-electron chi connectivity index (χ4n) is 2.63. The first-order valence-corrected chi connectivity index (χ1v) is 10.2. The summed E-state index contributed by atoms with van der Waals surface area (Å²) in [6, 6.07) is -0.315. The molecule has 2 N–H and O–H groups in total. The van der Waals surface area contributed by atoms with Crippen molar-refractivity contribution in [2.45, 2.75) is 51.5 Å². The summed E-state index contributed by atoms with van der Waals surface area (Å²) in [6.45, 7) is 1.83. The highest BCUT2D eigenvalue weighted by molar-refractivity contribution is 8.00. The van der Waals surface area contributed by atoms with Gasteiger partial charge >= 0.3 is 12.0 Å². The van der Waals surface area contributed by atoms with Crippen molar-refractivity contribution in [2.24, 2.45) is 0 Å². The van der Waals surface area contributed by atoms with Crippen LogP contribution in [0.3, 0.4) is 0 Å². The minimum atomic E-state index is -0.690. The fourth-order valence-corrected chi connectivity index (χ4v) is 3.36. The smallest absolute Gasteiger partial charge is 0.321 e. The molecule has 0 radical (unpaired) electrons. The van der Waals surface area contributed by atoms with Crippen LogP contribution in [0.5, 0.6) is 0 Å². The highest BCUT2D eigenvalue weighted by atomic mass is 32.2. The number of esters is 1. The van der Waals surface area contributed by atoms with Gasteiger partial charge in [-0.25, -0.2) is 4.79 Å². The lowest BCUT2D eigenvalue weighted by atomic mass is 9.94. The maximum absolute atomic E-state index is 12.1. The molecule has 0 aromatic rings. The molecule has 0 aromatic heterocycles. The van der Waals surface area contributed by atoms with E-state index in [1.807, 2.05) is 14.0 Å².